The molecule has 20 heavy (non-hydrogen) atoms. The Morgan fingerprint density at radius 2 is 1.90 bits per heavy atom. The molecule has 2 aromatic carbocycles. The van der Waals surface area contributed by atoms with Gasteiger partial charge in [0.05, 0.1) is 0 Å². The first-order valence-corrected chi connectivity index (χ1v) is 5.90. The zero-order valence-electron chi connectivity index (χ0n) is 10.5. The molecule has 0 atom stereocenters. The van der Waals surface area contributed by atoms with Gasteiger partial charge in [0.15, 0.2) is 0 Å². The van der Waals surface area contributed by atoms with E-state index in [0.29, 0.717) is 11.1 Å². The summed E-state index contributed by atoms with van der Waals surface area (Å²) in [6, 6.07) is 11.6. The lowest BCUT2D eigenvalue weighted by atomic mass is 9.97. The molecule has 100 valence electrons. The van der Waals surface area contributed by atoms with Gasteiger partial charge in [-0.05, 0) is 41.0 Å². The molecule has 0 aliphatic rings. The van der Waals surface area contributed by atoms with Gasteiger partial charge in [-0.15, -0.1) is 0 Å². The molecule has 0 aliphatic carbocycles. The van der Waals surface area contributed by atoms with Gasteiger partial charge in [0.1, 0.15) is 12.0 Å². The summed E-state index contributed by atoms with van der Waals surface area (Å²) in [5, 5.41) is 18.2. The van der Waals surface area contributed by atoms with E-state index in [9.17, 15) is 14.7 Å². The molecule has 0 unspecified atom stereocenters. The van der Waals surface area contributed by atoms with Crippen LogP contribution in [0.3, 0.4) is 0 Å². The van der Waals surface area contributed by atoms with Crippen LogP contribution >= 0.6 is 0 Å². The van der Waals surface area contributed by atoms with E-state index in [1.165, 1.54) is 18.2 Å². The van der Waals surface area contributed by atoms with Crippen LogP contribution < -0.4 is 0 Å². The molecule has 0 radical (unpaired) electrons. The van der Waals surface area contributed by atoms with E-state index in [-0.39, 0.29) is 5.75 Å². The Balaban J connectivity index is 2.54. The van der Waals surface area contributed by atoms with Gasteiger partial charge in [0.25, 0.3) is 0 Å². The average molecular weight is 268 g/mol. The van der Waals surface area contributed by atoms with Crippen LogP contribution in [0.2, 0.25) is 0 Å². The number of phenols is 1. The van der Waals surface area contributed by atoms with E-state index in [1.807, 2.05) is 6.07 Å². The predicted molar refractivity (Wildman–Crippen MR) is 75.6 cm³/mol. The van der Waals surface area contributed by atoms with Crippen LogP contribution in [0.5, 0.6) is 5.75 Å². The molecule has 0 heterocycles. The van der Waals surface area contributed by atoms with Crippen LogP contribution in [-0.2, 0) is 4.79 Å². The lowest BCUT2D eigenvalue weighted by Gasteiger charge is -2.07. The number of aldehydes is 1. The maximum Gasteiger partial charge on any atom is 0.328 e. The summed E-state index contributed by atoms with van der Waals surface area (Å²) in [6.45, 7) is 0. The zero-order valence-corrected chi connectivity index (χ0v) is 10.5. The third kappa shape index (κ3) is 3.11. The molecule has 0 amide bonds. The number of carbonyl (C=O) groups is 2. The minimum absolute atomic E-state index is 0.0466. The minimum atomic E-state index is -1.07. The van der Waals surface area contributed by atoms with Crippen molar-refractivity contribution in [3.8, 4) is 16.9 Å². The maximum absolute atomic E-state index is 10.8. The van der Waals surface area contributed by atoms with Gasteiger partial charge in [0.2, 0.25) is 0 Å². The topological polar surface area (TPSA) is 74.6 Å². The number of carbonyl (C=O) groups excluding carboxylic acids is 1. The molecule has 0 aromatic heterocycles. The van der Waals surface area contributed by atoms with Crippen LogP contribution in [0, 0.1) is 0 Å². The summed E-state index contributed by atoms with van der Waals surface area (Å²) in [5.74, 6) is -1.02. The molecule has 0 bridgehead atoms. The van der Waals surface area contributed by atoms with Gasteiger partial charge >= 0.3 is 5.97 Å². The highest BCUT2D eigenvalue weighted by Gasteiger charge is 2.05. The highest BCUT2D eigenvalue weighted by atomic mass is 16.4. The molecule has 0 spiro atoms. The van der Waals surface area contributed by atoms with Gasteiger partial charge in [0, 0.05) is 11.6 Å². The van der Waals surface area contributed by atoms with E-state index in [1.54, 1.807) is 24.3 Å². The number of hydrogen-bond acceptors (Lipinski definition) is 3. The van der Waals surface area contributed by atoms with Gasteiger partial charge in [-0.25, -0.2) is 4.79 Å². The van der Waals surface area contributed by atoms with Crippen molar-refractivity contribution in [3.63, 3.8) is 0 Å². The van der Waals surface area contributed by atoms with Gasteiger partial charge in [-0.1, -0.05) is 24.3 Å². The van der Waals surface area contributed by atoms with Crippen molar-refractivity contribution in [1.29, 1.82) is 0 Å². The predicted octanol–water partition coefficient (Wildman–Crippen LogP) is 2.97. The molecule has 4 nitrogen and oxygen atoms in total. The van der Waals surface area contributed by atoms with E-state index in [0.717, 1.165) is 23.5 Å². The number of benzene rings is 2. The van der Waals surface area contributed by atoms with Crippen LogP contribution in [0.4, 0.5) is 0 Å². The second-order valence-electron chi connectivity index (χ2n) is 4.19. The number of carboxylic acid groups (broad SMARTS) is 1. The second-order valence-corrected chi connectivity index (χ2v) is 4.19. The Morgan fingerprint density at radius 3 is 2.60 bits per heavy atom. The molecule has 4 heteroatoms. The molecule has 2 N–H and O–H groups in total. The van der Waals surface area contributed by atoms with Crippen LogP contribution in [-0.4, -0.2) is 22.5 Å². The van der Waals surface area contributed by atoms with Crippen LogP contribution in [0.25, 0.3) is 17.2 Å². The summed E-state index contributed by atoms with van der Waals surface area (Å²) >= 11 is 0. The Labute approximate surface area is 115 Å². The summed E-state index contributed by atoms with van der Waals surface area (Å²) in [7, 11) is 0. The van der Waals surface area contributed by atoms with E-state index >= 15 is 0 Å². The number of carboxylic acids is 1. The summed E-state index contributed by atoms with van der Waals surface area (Å²) in [4.78, 5) is 21.4. The first-order chi connectivity index (χ1) is 9.60. The second kappa shape index (κ2) is 5.84. The molecule has 0 fully saturated rings. The van der Waals surface area contributed by atoms with Crippen LogP contribution in [0.15, 0.2) is 48.5 Å². The standard InChI is InChI=1S/C16H12O4/c17-10-11-2-1-3-12(8-11)15-6-5-14(18)9-13(15)4-7-16(19)20/h1-10,18H,(H,19,20)/b7-4+. The molecule has 2 rings (SSSR count). The van der Waals surface area contributed by atoms with Gasteiger partial charge in [-0.2, -0.15) is 0 Å². The number of rotatable bonds is 4. The molecule has 0 aliphatic heterocycles. The average Bonchev–Trinajstić information content (AvgIpc) is 2.45. The Hall–Kier alpha value is -2.88. The van der Waals surface area contributed by atoms with E-state index in [2.05, 4.69) is 0 Å². The maximum atomic E-state index is 10.8. The number of aliphatic carboxylic acids is 1. The fourth-order valence-electron chi connectivity index (χ4n) is 1.89. The van der Waals surface area contributed by atoms with Gasteiger partial charge in [-0.3, -0.25) is 4.79 Å². The van der Waals surface area contributed by atoms with Crippen molar-refractivity contribution in [2.24, 2.45) is 0 Å². The quantitative estimate of drug-likeness (QED) is 0.660. The Morgan fingerprint density at radius 1 is 1.10 bits per heavy atom. The summed E-state index contributed by atoms with van der Waals surface area (Å²) < 4.78 is 0. The molecule has 0 saturated carbocycles. The van der Waals surface area contributed by atoms with E-state index in [4.69, 9.17) is 5.11 Å². The zero-order chi connectivity index (χ0) is 14.5. The lowest BCUT2D eigenvalue weighted by Crippen LogP contribution is -1.89. The monoisotopic (exact) mass is 268 g/mol. The highest BCUT2D eigenvalue weighted by molar-refractivity contribution is 5.88. The number of phenolic OH excluding ortho intramolecular Hbond substituents is 1. The molecular weight excluding hydrogens is 256 g/mol. The summed E-state index contributed by atoms with van der Waals surface area (Å²) in [6.07, 6.45) is 3.16. The van der Waals surface area contributed by atoms with Gasteiger partial charge < -0.3 is 10.2 Å². The normalized spacial score (nSPS) is 10.6. The first-order valence-electron chi connectivity index (χ1n) is 5.90. The largest absolute Gasteiger partial charge is 0.508 e. The van der Waals surface area contributed by atoms with Crippen molar-refractivity contribution in [2.75, 3.05) is 0 Å². The van der Waals surface area contributed by atoms with Crippen molar-refractivity contribution < 1.29 is 19.8 Å². The van der Waals surface area contributed by atoms with Crippen molar-refractivity contribution in [3.05, 3.63) is 59.7 Å². The number of aromatic hydroxyl groups is 1. The third-order valence-corrected chi connectivity index (χ3v) is 2.77. The van der Waals surface area contributed by atoms with Crippen molar-refractivity contribution in [1.82, 2.24) is 0 Å². The van der Waals surface area contributed by atoms with Crippen LogP contribution in [0.1, 0.15) is 15.9 Å². The number of hydrogen-bond donors (Lipinski definition) is 2. The fourth-order valence-corrected chi connectivity index (χ4v) is 1.89. The molecule has 2 aromatic rings. The minimum Gasteiger partial charge on any atom is -0.508 e. The smallest absolute Gasteiger partial charge is 0.328 e. The SMILES string of the molecule is O=Cc1cccc(-c2ccc(O)cc2/C=C/C(=O)O)c1. The highest BCUT2D eigenvalue weighted by Crippen LogP contribution is 2.28. The fraction of sp³-hybridized carbons (Fsp3) is 0. The van der Waals surface area contributed by atoms with Crippen molar-refractivity contribution >= 4 is 18.3 Å². The first kappa shape index (κ1) is 13.5. The lowest BCUT2D eigenvalue weighted by molar-refractivity contribution is -0.131. The third-order valence-electron chi connectivity index (χ3n) is 2.77. The summed E-state index contributed by atoms with van der Waals surface area (Å²) in [5.41, 5.74) is 2.61. The Bertz CT molecular complexity index is 687. The molecular formula is C16H12O4. The Kier molecular flexibility index (Phi) is 3.96. The van der Waals surface area contributed by atoms with E-state index < -0.39 is 5.97 Å². The molecule has 0 saturated heterocycles. The van der Waals surface area contributed by atoms with Crippen molar-refractivity contribution in [2.45, 2.75) is 0 Å².